The molecule has 4 aromatic rings. The van der Waals surface area contributed by atoms with Crippen molar-refractivity contribution in [1.29, 1.82) is 0 Å². The quantitative estimate of drug-likeness (QED) is 0.132. The van der Waals surface area contributed by atoms with Crippen LogP contribution in [0.5, 0.6) is 0 Å². The fourth-order valence-corrected chi connectivity index (χ4v) is 12.9. The summed E-state index contributed by atoms with van der Waals surface area (Å²) in [4.78, 5) is 31.7. The lowest BCUT2D eigenvalue weighted by atomic mass is 9.32. The number of Topliss-reactive ketones (excluding diaryl/α,β-unsaturated/α-hetero) is 1. The SMILES string of the molecule is CC12CCC(O)CC13C=CC1(C(C(=O)c4cc5ccccc5s4)=C3)C2CCC2(C)C1CCC2(O)CN(Cc1ccccc1)C(=O)Nc1ccccc1. The highest BCUT2D eigenvalue weighted by atomic mass is 32.1. The lowest BCUT2D eigenvalue weighted by Crippen LogP contribution is -2.67. The van der Waals surface area contributed by atoms with Crippen molar-refractivity contribution in [1.82, 2.24) is 4.90 Å². The zero-order chi connectivity index (χ0) is 35.9. The van der Waals surface area contributed by atoms with Gasteiger partial charge in [0.25, 0.3) is 0 Å². The number of benzene rings is 3. The van der Waals surface area contributed by atoms with E-state index < -0.39 is 22.5 Å². The number of hydrogen-bond donors (Lipinski definition) is 3. The molecule has 3 aromatic carbocycles. The van der Waals surface area contributed by atoms with Crippen LogP contribution in [-0.4, -0.2) is 45.2 Å². The minimum Gasteiger partial charge on any atom is -0.393 e. The van der Waals surface area contributed by atoms with Gasteiger partial charge in [-0.2, -0.15) is 0 Å². The Morgan fingerprint density at radius 2 is 1.52 bits per heavy atom. The average Bonchev–Trinajstić information content (AvgIpc) is 3.70. The van der Waals surface area contributed by atoms with E-state index >= 15 is 4.79 Å². The summed E-state index contributed by atoms with van der Waals surface area (Å²) in [5, 5.41) is 28.4. The van der Waals surface area contributed by atoms with Crippen LogP contribution in [0.2, 0.25) is 0 Å². The largest absolute Gasteiger partial charge is 0.393 e. The number of fused-ring (bicyclic) bond motifs is 2. The molecule has 3 fully saturated rings. The molecule has 0 aliphatic heterocycles. The maximum Gasteiger partial charge on any atom is 0.322 e. The van der Waals surface area contributed by atoms with Crippen LogP contribution in [0.1, 0.15) is 74.0 Å². The number of ketones is 1. The molecule has 6 aliphatic carbocycles. The molecule has 6 nitrogen and oxygen atoms in total. The molecule has 0 saturated heterocycles. The van der Waals surface area contributed by atoms with E-state index in [-0.39, 0.29) is 41.0 Å². The van der Waals surface area contributed by atoms with Gasteiger partial charge in [-0.3, -0.25) is 4.79 Å². The van der Waals surface area contributed by atoms with Crippen LogP contribution in [0.3, 0.4) is 0 Å². The third-order valence-electron chi connectivity index (χ3n) is 14.6. The predicted molar refractivity (Wildman–Crippen MR) is 207 cm³/mol. The molecular formula is C45H48N2O4S. The van der Waals surface area contributed by atoms with Crippen molar-refractivity contribution in [3.8, 4) is 0 Å². The number of hydrogen-bond acceptors (Lipinski definition) is 5. The molecule has 10 rings (SSSR count). The van der Waals surface area contributed by atoms with Crippen molar-refractivity contribution >= 4 is 38.9 Å². The molecule has 6 aliphatic rings. The summed E-state index contributed by atoms with van der Waals surface area (Å²) in [7, 11) is 0. The standard InChI is InChI=1S/C45H48N2O4S/c1-41-20-17-33(48)26-43(41)23-24-45(34(27-43)39(49)36-25-31-13-9-10-16-35(31)52-36)37(41)18-21-42(2)38(45)19-22-44(42,51)29-47(28-30-11-5-3-6-12-30)40(50)46-32-14-7-4-8-15-32/h3-16,23-25,27,33,37-38,48,51H,17-22,26,28-29H2,1-2H3,(H,46,50). The van der Waals surface area contributed by atoms with Gasteiger partial charge in [-0.25, -0.2) is 4.79 Å². The number of aliphatic hydroxyl groups excluding tert-OH is 1. The maximum absolute atomic E-state index is 15.1. The first-order valence-electron chi connectivity index (χ1n) is 19.0. The van der Waals surface area contributed by atoms with E-state index in [2.05, 4.69) is 49.5 Å². The number of urea groups is 1. The Balaban J connectivity index is 1.12. The average molecular weight is 713 g/mol. The summed E-state index contributed by atoms with van der Waals surface area (Å²) in [6.07, 6.45) is 11.9. The fourth-order valence-electron chi connectivity index (χ4n) is 11.9. The van der Waals surface area contributed by atoms with E-state index in [1.165, 1.54) is 0 Å². The highest BCUT2D eigenvalue weighted by Crippen LogP contribution is 2.78. The summed E-state index contributed by atoms with van der Waals surface area (Å²) >= 11 is 1.56. The molecule has 268 valence electrons. The van der Waals surface area contributed by atoms with Crippen molar-refractivity contribution in [2.75, 3.05) is 11.9 Å². The van der Waals surface area contributed by atoms with Crippen molar-refractivity contribution in [3.63, 3.8) is 0 Å². The second-order valence-electron chi connectivity index (χ2n) is 16.9. The highest BCUT2D eigenvalue weighted by molar-refractivity contribution is 7.21. The van der Waals surface area contributed by atoms with Gasteiger partial charge in [0.1, 0.15) is 0 Å². The number of carbonyl (C=O) groups excluding carboxylic acids is 2. The fraction of sp³-hybridized carbons (Fsp3) is 0.422. The number of amides is 2. The van der Waals surface area contributed by atoms with Gasteiger partial charge >= 0.3 is 6.03 Å². The Kier molecular flexibility index (Phi) is 7.79. The lowest BCUT2D eigenvalue weighted by molar-refractivity contribution is -0.174. The van der Waals surface area contributed by atoms with Crippen LogP contribution in [-0.2, 0) is 6.54 Å². The Hall–Kier alpha value is -4.04. The van der Waals surface area contributed by atoms with E-state index in [4.69, 9.17) is 0 Å². The molecule has 8 atom stereocenters. The number of allylic oxidation sites excluding steroid dienone is 4. The van der Waals surface area contributed by atoms with Gasteiger partial charge in [0.05, 0.1) is 23.1 Å². The van der Waals surface area contributed by atoms with Gasteiger partial charge < -0.3 is 20.4 Å². The van der Waals surface area contributed by atoms with Gasteiger partial charge in [0, 0.05) is 38.8 Å². The van der Waals surface area contributed by atoms with E-state index in [0.717, 1.165) is 58.2 Å². The molecule has 7 heteroatoms. The van der Waals surface area contributed by atoms with Crippen molar-refractivity contribution in [2.24, 2.45) is 33.5 Å². The topological polar surface area (TPSA) is 89.9 Å². The molecule has 1 aromatic heterocycles. The molecule has 52 heavy (non-hydrogen) atoms. The number of rotatable bonds is 7. The lowest BCUT2D eigenvalue weighted by Gasteiger charge is -2.71. The van der Waals surface area contributed by atoms with Gasteiger partial charge in [0.2, 0.25) is 0 Å². The monoisotopic (exact) mass is 712 g/mol. The smallest absolute Gasteiger partial charge is 0.322 e. The van der Waals surface area contributed by atoms with Crippen molar-refractivity contribution < 1.29 is 19.8 Å². The van der Waals surface area contributed by atoms with Crippen LogP contribution < -0.4 is 5.32 Å². The number of nitrogens with one attached hydrogen (secondary N) is 1. The van der Waals surface area contributed by atoms with Crippen LogP contribution in [0, 0.1) is 33.5 Å². The molecular weight excluding hydrogens is 665 g/mol. The summed E-state index contributed by atoms with van der Waals surface area (Å²) in [5.74, 6) is 0.296. The van der Waals surface area contributed by atoms with Gasteiger partial charge in [-0.15, -0.1) is 11.3 Å². The number of anilines is 1. The molecule has 2 bridgehead atoms. The summed E-state index contributed by atoms with van der Waals surface area (Å²) in [5.41, 5.74) is -0.202. The molecule has 3 N–H and O–H groups in total. The van der Waals surface area contributed by atoms with E-state index in [0.29, 0.717) is 25.1 Å². The molecule has 3 saturated carbocycles. The second kappa shape index (κ2) is 12.0. The minimum atomic E-state index is -1.17. The number of aliphatic hydroxyl groups is 2. The van der Waals surface area contributed by atoms with Crippen molar-refractivity contribution in [2.45, 2.75) is 77.0 Å². The second-order valence-corrected chi connectivity index (χ2v) is 18.0. The van der Waals surface area contributed by atoms with Gasteiger partial charge in [-0.05, 0) is 97.4 Å². The summed E-state index contributed by atoms with van der Waals surface area (Å²) in [6.45, 7) is 5.21. The maximum atomic E-state index is 15.1. The first-order valence-corrected chi connectivity index (χ1v) is 19.8. The van der Waals surface area contributed by atoms with Gasteiger partial charge in [-0.1, -0.05) is 98.8 Å². The number of nitrogens with zero attached hydrogens (tertiary/aromatic N) is 1. The van der Waals surface area contributed by atoms with Crippen LogP contribution in [0.25, 0.3) is 10.1 Å². The molecule has 2 amide bonds. The highest BCUT2D eigenvalue weighted by Gasteiger charge is 2.74. The number of para-hydroxylation sites is 1. The van der Waals surface area contributed by atoms with Crippen LogP contribution in [0.4, 0.5) is 10.5 Å². The van der Waals surface area contributed by atoms with E-state index in [1.807, 2.05) is 78.9 Å². The molecule has 8 unspecified atom stereocenters. The minimum absolute atomic E-state index is 0.00214. The Bertz CT molecular complexity index is 2080. The Morgan fingerprint density at radius 3 is 2.29 bits per heavy atom. The molecule has 1 heterocycles. The van der Waals surface area contributed by atoms with Crippen molar-refractivity contribution in [3.05, 3.63) is 125 Å². The normalized spacial score (nSPS) is 35.7. The van der Waals surface area contributed by atoms with E-state index in [9.17, 15) is 15.0 Å². The number of thiophene rings is 1. The predicted octanol–water partition coefficient (Wildman–Crippen LogP) is 9.41. The Labute approximate surface area is 310 Å². The summed E-state index contributed by atoms with van der Waals surface area (Å²) in [6, 6.07) is 29.5. The zero-order valence-electron chi connectivity index (χ0n) is 30.1. The zero-order valence-corrected chi connectivity index (χ0v) is 30.9. The third kappa shape index (κ3) is 4.81. The Morgan fingerprint density at radius 1 is 0.846 bits per heavy atom. The third-order valence-corrected chi connectivity index (χ3v) is 15.7. The first-order chi connectivity index (χ1) is 25.0. The molecule has 2 spiro atoms. The number of carbonyl (C=O) groups is 2. The van der Waals surface area contributed by atoms with Gasteiger partial charge in [0.15, 0.2) is 5.78 Å². The van der Waals surface area contributed by atoms with E-state index in [1.54, 1.807) is 16.2 Å². The van der Waals surface area contributed by atoms with Crippen LogP contribution >= 0.6 is 11.3 Å². The van der Waals surface area contributed by atoms with Crippen LogP contribution in [0.15, 0.2) is 115 Å². The first kappa shape index (κ1) is 33.8. The molecule has 0 radical (unpaired) electrons. The summed E-state index contributed by atoms with van der Waals surface area (Å²) < 4.78 is 1.10.